The van der Waals surface area contributed by atoms with E-state index in [1.165, 1.54) is 36.9 Å². The standard InChI is InChI=1S/C15H27N3/c1-14(2,3)13-12(11-18(5)17-13)10-16-15(4)8-6-7-9-15/h11,16H,6-10H2,1-5H3. The maximum Gasteiger partial charge on any atom is 0.0722 e. The summed E-state index contributed by atoms with van der Waals surface area (Å²) in [5, 5.41) is 8.37. The van der Waals surface area contributed by atoms with E-state index in [0.29, 0.717) is 5.54 Å². The van der Waals surface area contributed by atoms with Crippen molar-refractivity contribution in [1.82, 2.24) is 15.1 Å². The van der Waals surface area contributed by atoms with Crippen molar-refractivity contribution in [2.75, 3.05) is 0 Å². The Morgan fingerprint density at radius 2 is 1.94 bits per heavy atom. The zero-order chi connectivity index (χ0) is 13.4. The lowest BCUT2D eigenvalue weighted by Gasteiger charge is -2.26. The van der Waals surface area contributed by atoms with Crippen LogP contribution in [0.5, 0.6) is 0 Å². The topological polar surface area (TPSA) is 29.9 Å². The van der Waals surface area contributed by atoms with Crippen molar-refractivity contribution >= 4 is 0 Å². The predicted molar refractivity (Wildman–Crippen MR) is 75.6 cm³/mol. The van der Waals surface area contributed by atoms with Crippen LogP contribution in [0.3, 0.4) is 0 Å². The van der Waals surface area contributed by atoms with Gasteiger partial charge >= 0.3 is 0 Å². The molecule has 0 saturated heterocycles. The van der Waals surface area contributed by atoms with E-state index in [-0.39, 0.29) is 5.41 Å². The molecule has 1 aliphatic carbocycles. The van der Waals surface area contributed by atoms with Gasteiger partial charge in [-0.15, -0.1) is 0 Å². The molecule has 18 heavy (non-hydrogen) atoms. The van der Waals surface area contributed by atoms with Gasteiger partial charge in [-0.3, -0.25) is 4.68 Å². The van der Waals surface area contributed by atoms with E-state index < -0.39 is 0 Å². The van der Waals surface area contributed by atoms with Gasteiger partial charge in [0.05, 0.1) is 5.69 Å². The molecule has 1 aliphatic rings. The van der Waals surface area contributed by atoms with Gasteiger partial charge in [0.15, 0.2) is 0 Å². The number of hydrogen-bond donors (Lipinski definition) is 1. The van der Waals surface area contributed by atoms with Gasteiger partial charge in [0.2, 0.25) is 0 Å². The van der Waals surface area contributed by atoms with Crippen LogP contribution < -0.4 is 5.32 Å². The lowest BCUT2D eigenvalue weighted by Crippen LogP contribution is -2.39. The Labute approximate surface area is 111 Å². The number of nitrogens with zero attached hydrogens (tertiary/aromatic N) is 2. The average molecular weight is 249 g/mol. The number of rotatable bonds is 3. The van der Waals surface area contributed by atoms with Gasteiger partial charge in [0, 0.05) is 36.3 Å². The SMILES string of the molecule is Cn1cc(CNC2(C)CCCC2)c(C(C)(C)C)n1. The molecule has 0 spiro atoms. The van der Waals surface area contributed by atoms with Crippen molar-refractivity contribution in [3.63, 3.8) is 0 Å². The highest BCUT2D eigenvalue weighted by Crippen LogP contribution is 2.30. The van der Waals surface area contributed by atoms with Crippen molar-refractivity contribution in [2.45, 2.75) is 70.9 Å². The second-order valence-corrected chi connectivity index (χ2v) is 7.05. The normalized spacial score (nSPS) is 19.4. The third-order valence-electron chi connectivity index (χ3n) is 4.03. The van der Waals surface area contributed by atoms with Crippen LogP contribution in [-0.2, 0) is 19.0 Å². The summed E-state index contributed by atoms with van der Waals surface area (Å²) in [6, 6.07) is 0. The van der Waals surface area contributed by atoms with Crippen molar-refractivity contribution in [1.29, 1.82) is 0 Å². The first-order chi connectivity index (χ1) is 8.30. The van der Waals surface area contributed by atoms with Gasteiger partial charge < -0.3 is 5.32 Å². The lowest BCUT2D eigenvalue weighted by atomic mass is 9.89. The minimum absolute atomic E-state index is 0.120. The zero-order valence-electron chi connectivity index (χ0n) is 12.5. The van der Waals surface area contributed by atoms with E-state index in [9.17, 15) is 0 Å². The molecule has 0 atom stereocenters. The molecule has 1 heterocycles. The molecular weight excluding hydrogens is 222 g/mol. The van der Waals surface area contributed by atoms with Gasteiger partial charge in [-0.2, -0.15) is 5.10 Å². The molecule has 102 valence electrons. The van der Waals surface area contributed by atoms with Gasteiger partial charge in [-0.25, -0.2) is 0 Å². The van der Waals surface area contributed by atoms with E-state index in [4.69, 9.17) is 0 Å². The molecule has 1 fully saturated rings. The molecule has 0 bridgehead atoms. The monoisotopic (exact) mass is 249 g/mol. The van der Waals surface area contributed by atoms with Gasteiger partial charge in [0.25, 0.3) is 0 Å². The van der Waals surface area contributed by atoms with Crippen LogP contribution in [0.15, 0.2) is 6.20 Å². The average Bonchev–Trinajstić information content (AvgIpc) is 2.82. The fraction of sp³-hybridized carbons (Fsp3) is 0.800. The summed E-state index contributed by atoms with van der Waals surface area (Å²) in [4.78, 5) is 0. The minimum Gasteiger partial charge on any atom is -0.307 e. The highest BCUT2D eigenvalue weighted by Gasteiger charge is 2.29. The summed E-state index contributed by atoms with van der Waals surface area (Å²) in [5.74, 6) is 0. The van der Waals surface area contributed by atoms with Crippen LogP contribution in [0, 0.1) is 0 Å². The van der Waals surface area contributed by atoms with Crippen molar-refractivity contribution < 1.29 is 0 Å². The highest BCUT2D eigenvalue weighted by molar-refractivity contribution is 5.24. The summed E-state index contributed by atoms with van der Waals surface area (Å²) in [5.41, 5.74) is 3.03. The van der Waals surface area contributed by atoms with Crippen LogP contribution in [0.1, 0.15) is 64.6 Å². The number of nitrogens with one attached hydrogen (secondary N) is 1. The molecule has 1 saturated carbocycles. The Morgan fingerprint density at radius 3 is 2.50 bits per heavy atom. The molecule has 0 aromatic carbocycles. The third kappa shape index (κ3) is 2.94. The Hall–Kier alpha value is -0.830. The minimum atomic E-state index is 0.120. The summed E-state index contributed by atoms with van der Waals surface area (Å²) in [6.45, 7) is 9.99. The lowest BCUT2D eigenvalue weighted by molar-refractivity contribution is 0.361. The molecular formula is C15H27N3. The van der Waals surface area contributed by atoms with E-state index in [1.54, 1.807) is 0 Å². The van der Waals surface area contributed by atoms with Gasteiger partial charge in [-0.1, -0.05) is 33.6 Å². The molecule has 0 radical (unpaired) electrons. The fourth-order valence-corrected chi connectivity index (χ4v) is 2.94. The molecule has 1 N–H and O–H groups in total. The molecule has 0 aliphatic heterocycles. The summed E-state index contributed by atoms with van der Waals surface area (Å²) in [6.07, 6.45) is 7.49. The van der Waals surface area contributed by atoms with E-state index in [2.05, 4.69) is 44.3 Å². The Balaban J connectivity index is 2.09. The zero-order valence-corrected chi connectivity index (χ0v) is 12.5. The molecule has 1 aromatic rings. The van der Waals surface area contributed by atoms with Crippen LogP contribution >= 0.6 is 0 Å². The second-order valence-electron chi connectivity index (χ2n) is 7.05. The van der Waals surface area contributed by atoms with Crippen molar-refractivity contribution in [2.24, 2.45) is 7.05 Å². The highest BCUT2D eigenvalue weighted by atomic mass is 15.3. The molecule has 3 nitrogen and oxygen atoms in total. The Bertz CT molecular complexity index is 406. The maximum atomic E-state index is 4.63. The van der Waals surface area contributed by atoms with Crippen LogP contribution in [0.2, 0.25) is 0 Å². The van der Waals surface area contributed by atoms with Gasteiger partial charge in [-0.05, 0) is 19.8 Å². The van der Waals surface area contributed by atoms with Crippen molar-refractivity contribution in [3.8, 4) is 0 Å². The first-order valence-electron chi connectivity index (χ1n) is 7.08. The molecule has 1 aromatic heterocycles. The van der Waals surface area contributed by atoms with Crippen LogP contribution in [-0.4, -0.2) is 15.3 Å². The number of hydrogen-bond acceptors (Lipinski definition) is 2. The largest absolute Gasteiger partial charge is 0.307 e. The Kier molecular flexibility index (Phi) is 3.54. The quantitative estimate of drug-likeness (QED) is 0.892. The summed E-state index contributed by atoms with van der Waals surface area (Å²) < 4.78 is 1.94. The first kappa shape index (κ1) is 13.6. The van der Waals surface area contributed by atoms with E-state index >= 15 is 0 Å². The Morgan fingerprint density at radius 1 is 1.33 bits per heavy atom. The molecule has 3 heteroatoms. The van der Waals surface area contributed by atoms with E-state index in [0.717, 1.165) is 6.54 Å². The molecule has 2 rings (SSSR count). The number of aryl methyl sites for hydroxylation is 1. The predicted octanol–water partition coefficient (Wildman–Crippen LogP) is 3.14. The molecule has 0 unspecified atom stereocenters. The summed E-state index contributed by atoms with van der Waals surface area (Å²) in [7, 11) is 2.01. The van der Waals surface area contributed by atoms with Crippen molar-refractivity contribution in [3.05, 3.63) is 17.5 Å². The van der Waals surface area contributed by atoms with Gasteiger partial charge in [0.1, 0.15) is 0 Å². The van der Waals surface area contributed by atoms with Crippen LogP contribution in [0.4, 0.5) is 0 Å². The third-order valence-corrected chi connectivity index (χ3v) is 4.03. The number of aromatic nitrogens is 2. The summed E-state index contributed by atoms with van der Waals surface area (Å²) >= 11 is 0. The molecule has 0 amide bonds. The first-order valence-corrected chi connectivity index (χ1v) is 7.08. The smallest absolute Gasteiger partial charge is 0.0722 e. The fourth-order valence-electron chi connectivity index (χ4n) is 2.94. The van der Waals surface area contributed by atoms with E-state index in [1.807, 2.05) is 11.7 Å². The second kappa shape index (κ2) is 4.69. The van der Waals surface area contributed by atoms with Crippen LogP contribution in [0.25, 0.3) is 0 Å². The maximum absolute atomic E-state index is 4.63.